The van der Waals surface area contributed by atoms with Crippen LogP contribution < -0.4 is 0 Å². The number of carbonyl (C=O) groups is 1. The Balaban J connectivity index is 2.08. The molecule has 0 unspecified atom stereocenters. The smallest absolute Gasteiger partial charge is 0.345 e. The number of methoxy groups -OCH3 is 1. The maximum Gasteiger partial charge on any atom is 0.345 e. The third-order valence-corrected chi connectivity index (χ3v) is 3.70. The second-order valence-electron chi connectivity index (χ2n) is 5.03. The summed E-state index contributed by atoms with van der Waals surface area (Å²) in [5, 5.41) is 0. The molecule has 3 rings (SSSR count). The van der Waals surface area contributed by atoms with Crippen molar-refractivity contribution >= 4 is 12.0 Å². The van der Waals surface area contributed by atoms with Crippen molar-refractivity contribution in [1.29, 1.82) is 0 Å². The van der Waals surface area contributed by atoms with Crippen LogP contribution in [0.15, 0.2) is 72.0 Å². The van der Waals surface area contributed by atoms with E-state index in [0.29, 0.717) is 5.57 Å². The molecule has 0 heterocycles. The number of benzene rings is 2. The van der Waals surface area contributed by atoms with Crippen LogP contribution in [0.4, 0.5) is 0 Å². The fourth-order valence-electron chi connectivity index (χ4n) is 2.60. The van der Waals surface area contributed by atoms with Gasteiger partial charge in [0.1, 0.15) is 5.57 Å². The predicted molar refractivity (Wildman–Crippen MR) is 88.2 cm³/mol. The van der Waals surface area contributed by atoms with Crippen LogP contribution in [0.5, 0.6) is 0 Å². The van der Waals surface area contributed by atoms with Crippen LogP contribution in [0.3, 0.4) is 0 Å². The lowest BCUT2D eigenvalue weighted by Gasteiger charge is -2.12. The lowest BCUT2D eigenvalue weighted by atomic mass is 9.92. The third kappa shape index (κ3) is 2.78. The normalized spacial score (nSPS) is 12.9. The summed E-state index contributed by atoms with van der Waals surface area (Å²) in [6.07, 6.45) is 6.33. The average molecular weight is 288 g/mol. The Labute approximate surface area is 130 Å². The summed E-state index contributed by atoms with van der Waals surface area (Å²) in [7, 11) is 1.38. The molecule has 0 spiro atoms. The van der Waals surface area contributed by atoms with E-state index in [0.717, 1.165) is 12.0 Å². The van der Waals surface area contributed by atoms with Crippen molar-refractivity contribution in [2.45, 2.75) is 6.42 Å². The van der Waals surface area contributed by atoms with Gasteiger partial charge in [0, 0.05) is 0 Å². The summed E-state index contributed by atoms with van der Waals surface area (Å²) in [4.78, 5) is 11.6. The maximum atomic E-state index is 11.6. The van der Waals surface area contributed by atoms with Gasteiger partial charge < -0.3 is 4.74 Å². The molecule has 0 radical (unpaired) electrons. The minimum absolute atomic E-state index is 0.366. The van der Waals surface area contributed by atoms with E-state index in [1.807, 2.05) is 36.4 Å². The number of rotatable bonds is 2. The molecular formula is C20H16O2. The first kappa shape index (κ1) is 14.1. The highest BCUT2D eigenvalue weighted by atomic mass is 16.5. The zero-order chi connectivity index (χ0) is 15.4. The van der Waals surface area contributed by atoms with E-state index in [-0.39, 0.29) is 5.97 Å². The van der Waals surface area contributed by atoms with Crippen molar-refractivity contribution in [2.24, 2.45) is 0 Å². The van der Waals surface area contributed by atoms with Gasteiger partial charge in [-0.25, -0.2) is 4.79 Å². The molecule has 2 nitrogen and oxygen atoms in total. The molecule has 22 heavy (non-hydrogen) atoms. The fraction of sp³-hybridized carbons (Fsp3) is 0.100. The van der Waals surface area contributed by atoms with Crippen LogP contribution in [0.2, 0.25) is 0 Å². The van der Waals surface area contributed by atoms with Crippen LogP contribution in [0, 0.1) is 0 Å². The number of hydrogen-bond acceptors (Lipinski definition) is 2. The van der Waals surface area contributed by atoms with E-state index in [1.54, 1.807) is 6.08 Å². The van der Waals surface area contributed by atoms with Crippen molar-refractivity contribution < 1.29 is 9.53 Å². The van der Waals surface area contributed by atoms with E-state index in [1.165, 1.54) is 23.8 Å². The van der Waals surface area contributed by atoms with Crippen molar-refractivity contribution in [2.75, 3.05) is 7.11 Å². The number of carbonyl (C=O) groups excluding carboxylic acids is 1. The van der Waals surface area contributed by atoms with Crippen molar-refractivity contribution in [1.82, 2.24) is 0 Å². The number of hydrogen-bond donors (Lipinski definition) is 0. The lowest BCUT2D eigenvalue weighted by molar-refractivity contribution is -0.135. The van der Waals surface area contributed by atoms with E-state index in [9.17, 15) is 4.79 Å². The van der Waals surface area contributed by atoms with Gasteiger partial charge in [-0.1, -0.05) is 54.6 Å². The minimum atomic E-state index is -0.366. The second-order valence-corrected chi connectivity index (χ2v) is 5.03. The van der Waals surface area contributed by atoms with Gasteiger partial charge in [-0.3, -0.25) is 0 Å². The molecule has 0 atom stereocenters. The van der Waals surface area contributed by atoms with E-state index < -0.39 is 0 Å². The molecule has 0 bridgehead atoms. The Morgan fingerprint density at radius 2 is 1.86 bits per heavy atom. The molecule has 0 aliphatic heterocycles. The predicted octanol–water partition coefficient (Wildman–Crippen LogP) is 4.18. The molecule has 108 valence electrons. The SMILES string of the molecule is COC(=O)C1=C=CCc2c(cccc2-c2ccccc2)C=C1. The third-order valence-electron chi connectivity index (χ3n) is 3.70. The van der Waals surface area contributed by atoms with Crippen molar-refractivity contribution in [3.8, 4) is 11.1 Å². The Hall–Kier alpha value is -2.83. The monoisotopic (exact) mass is 288 g/mol. The minimum Gasteiger partial charge on any atom is -0.465 e. The first-order chi connectivity index (χ1) is 10.8. The Morgan fingerprint density at radius 1 is 1.05 bits per heavy atom. The number of fused-ring (bicyclic) bond motifs is 1. The highest BCUT2D eigenvalue weighted by Crippen LogP contribution is 2.28. The Morgan fingerprint density at radius 3 is 2.64 bits per heavy atom. The van der Waals surface area contributed by atoms with Gasteiger partial charge >= 0.3 is 5.97 Å². The van der Waals surface area contributed by atoms with Gasteiger partial charge in [-0.15, -0.1) is 5.73 Å². The molecule has 0 fully saturated rings. The first-order valence-electron chi connectivity index (χ1n) is 7.18. The van der Waals surface area contributed by atoms with Gasteiger partial charge in [0.25, 0.3) is 0 Å². The average Bonchev–Trinajstić information content (AvgIpc) is 2.55. The molecule has 1 aliphatic rings. The topological polar surface area (TPSA) is 26.3 Å². The first-order valence-corrected chi connectivity index (χ1v) is 7.18. The molecule has 1 aliphatic carbocycles. The van der Waals surface area contributed by atoms with Crippen LogP contribution in [-0.2, 0) is 16.0 Å². The molecular weight excluding hydrogens is 272 g/mol. The van der Waals surface area contributed by atoms with E-state index >= 15 is 0 Å². The van der Waals surface area contributed by atoms with E-state index in [4.69, 9.17) is 4.74 Å². The molecule has 0 N–H and O–H groups in total. The van der Waals surface area contributed by atoms with Gasteiger partial charge in [0.2, 0.25) is 0 Å². The summed E-state index contributed by atoms with van der Waals surface area (Å²) in [5.74, 6) is -0.366. The van der Waals surface area contributed by atoms with Crippen molar-refractivity contribution in [3.63, 3.8) is 0 Å². The largest absolute Gasteiger partial charge is 0.465 e. The summed E-state index contributed by atoms with van der Waals surface area (Å²) < 4.78 is 4.76. The van der Waals surface area contributed by atoms with E-state index in [2.05, 4.69) is 30.0 Å². The van der Waals surface area contributed by atoms with Crippen LogP contribution in [-0.4, -0.2) is 13.1 Å². The summed E-state index contributed by atoms with van der Waals surface area (Å²) in [5.41, 5.74) is 8.22. The van der Waals surface area contributed by atoms with Crippen LogP contribution in [0.1, 0.15) is 11.1 Å². The number of ether oxygens (including phenoxy) is 1. The molecule has 0 amide bonds. The molecule has 0 saturated heterocycles. The summed E-state index contributed by atoms with van der Waals surface area (Å²) in [6.45, 7) is 0. The molecule has 0 saturated carbocycles. The Kier molecular flexibility index (Phi) is 4.04. The van der Waals surface area contributed by atoms with Gasteiger partial charge in [-0.2, -0.15) is 0 Å². The van der Waals surface area contributed by atoms with Gasteiger partial charge in [-0.05, 0) is 40.8 Å². The highest BCUT2D eigenvalue weighted by molar-refractivity contribution is 5.93. The number of esters is 1. The molecule has 2 heteroatoms. The van der Waals surface area contributed by atoms with Gasteiger partial charge in [0.05, 0.1) is 7.11 Å². The lowest BCUT2D eigenvalue weighted by Crippen LogP contribution is -2.02. The van der Waals surface area contributed by atoms with Crippen LogP contribution in [0.25, 0.3) is 17.2 Å². The quantitative estimate of drug-likeness (QED) is 0.612. The fourth-order valence-corrected chi connectivity index (χ4v) is 2.60. The summed E-state index contributed by atoms with van der Waals surface area (Å²) >= 11 is 0. The Bertz CT molecular complexity index is 792. The zero-order valence-electron chi connectivity index (χ0n) is 12.4. The van der Waals surface area contributed by atoms with Gasteiger partial charge in [0.15, 0.2) is 0 Å². The standard InChI is InChI=1S/C20H16O2/c1-22-20(21)17-10-6-12-19-16(13-14-17)9-5-11-18(19)15-7-3-2-4-8-15/h2-9,11,13-14H,12H2,1H3. The van der Waals surface area contributed by atoms with Crippen molar-refractivity contribution in [3.05, 3.63) is 83.1 Å². The highest BCUT2D eigenvalue weighted by Gasteiger charge is 2.11. The van der Waals surface area contributed by atoms with Crippen LogP contribution >= 0.6 is 0 Å². The molecule has 2 aromatic rings. The molecule has 2 aromatic carbocycles. The zero-order valence-corrected chi connectivity index (χ0v) is 12.4. The molecule has 0 aromatic heterocycles. The summed E-state index contributed by atoms with van der Waals surface area (Å²) in [6, 6.07) is 16.5. The maximum absolute atomic E-state index is 11.6. The second kappa shape index (κ2) is 6.30.